The molecule has 2 N–H and O–H groups in total. The lowest BCUT2D eigenvalue weighted by atomic mass is 9.85. The van der Waals surface area contributed by atoms with Crippen LogP contribution in [0.25, 0.3) is 5.65 Å². The minimum absolute atomic E-state index is 0.116. The van der Waals surface area contributed by atoms with Gasteiger partial charge in [0.1, 0.15) is 11.5 Å². The largest absolute Gasteiger partial charge is 0.354 e. The van der Waals surface area contributed by atoms with E-state index in [9.17, 15) is 4.79 Å². The molecular formula is C17H20N8O. The lowest BCUT2D eigenvalue weighted by Gasteiger charge is -2.40. The molecule has 1 amide bonds. The number of imidazole rings is 1. The summed E-state index contributed by atoms with van der Waals surface area (Å²) in [6.07, 6.45) is 6.64. The average Bonchev–Trinajstić information content (AvgIpc) is 3.22. The Morgan fingerprint density at radius 1 is 1.27 bits per heavy atom. The first kappa shape index (κ1) is 15.3. The quantitative estimate of drug-likeness (QED) is 0.709. The predicted molar refractivity (Wildman–Crippen MR) is 94.0 cm³/mol. The molecule has 4 heterocycles. The summed E-state index contributed by atoms with van der Waals surface area (Å²) in [5, 5.41) is 16.2. The molecule has 1 aliphatic heterocycles. The van der Waals surface area contributed by atoms with Crippen LogP contribution in [0.1, 0.15) is 41.5 Å². The molecular weight excluding hydrogens is 332 g/mol. The normalized spacial score (nSPS) is 17.9. The van der Waals surface area contributed by atoms with Gasteiger partial charge in [0, 0.05) is 31.5 Å². The van der Waals surface area contributed by atoms with Gasteiger partial charge in [-0.3, -0.25) is 4.79 Å². The Labute approximate surface area is 149 Å². The van der Waals surface area contributed by atoms with Crippen molar-refractivity contribution < 1.29 is 4.79 Å². The molecule has 0 unspecified atom stereocenters. The fraction of sp³-hybridized carbons (Fsp3) is 0.471. The molecule has 0 radical (unpaired) electrons. The summed E-state index contributed by atoms with van der Waals surface area (Å²) in [5.74, 6) is 2.72. The van der Waals surface area contributed by atoms with Crippen LogP contribution in [0.5, 0.6) is 0 Å². The molecule has 2 fully saturated rings. The molecule has 1 saturated heterocycles. The molecule has 1 aliphatic carbocycles. The van der Waals surface area contributed by atoms with E-state index in [4.69, 9.17) is 5.10 Å². The van der Waals surface area contributed by atoms with E-state index in [2.05, 4.69) is 30.4 Å². The van der Waals surface area contributed by atoms with Crippen molar-refractivity contribution in [3.63, 3.8) is 0 Å². The summed E-state index contributed by atoms with van der Waals surface area (Å²) in [7, 11) is 0. The molecule has 3 aromatic heterocycles. The second kappa shape index (κ2) is 6.08. The third-order valence-corrected chi connectivity index (χ3v) is 5.32. The van der Waals surface area contributed by atoms with Crippen molar-refractivity contribution in [3.05, 3.63) is 36.2 Å². The third-order valence-electron chi connectivity index (χ3n) is 5.32. The van der Waals surface area contributed by atoms with Gasteiger partial charge >= 0.3 is 0 Å². The fourth-order valence-electron chi connectivity index (χ4n) is 3.48. The number of rotatable bonds is 5. The van der Waals surface area contributed by atoms with E-state index >= 15 is 0 Å². The van der Waals surface area contributed by atoms with E-state index in [1.165, 1.54) is 31.8 Å². The molecule has 0 aromatic carbocycles. The van der Waals surface area contributed by atoms with Crippen molar-refractivity contribution in [2.24, 2.45) is 5.92 Å². The Hall–Kier alpha value is -2.97. The molecule has 134 valence electrons. The molecule has 2 aliphatic rings. The number of amides is 1. The number of H-pyrrole nitrogens is 1. The van der Waals surface area contributed by atoms with Crippen molar-refractivity contribution in [1.82, 2.24) is 35.1 Å². The van der Waals surface area contributed by atoms with Gasteiger partial charge in [-0.1, -0.05) is 6.42 Å². The van der Waals surface area contributed by atoms with Gasteiger partial charge in [-0.15, -0.1) is 15.3 Å². The van der Waals surface area contributed by atoms with Crippen LogP contribution >= 0.6 is 0 Å². The minimum atomic E-state index is -0.116. The molecule has 0 spiro atoms. The second-order valence-corrected chi connectivity index (χ2v) is 7.09. The van der Waals surface area contributed by atoms with Crippen LogP contribution in [0.2, 0.25) is 0 Å². The second-order valence-electron chi connectivity index (χ2n) is 7.09. The first-order valence-corrected chi connectivity index (χ1v) is 9.02. The lowest BCUT2D eigenvalue weighted by molar-refractivity contribution is 0.0940. The van der Waals surface area contributed by atoms with Crippen molar-refractivity contribution in [2.45, 2.75) is 25.2 Å². The van der Waals surface area contributed by atoms with Gasteiger partial charge in [0.25, 0.3) is 5.91 Å². The van der Waals surface area contributed by atoms with Gasteiger partial charge in [0.05, 0.1) is 12.5 Å². The van der Waals surface area contributed by atoms with Gasteiger partial charge in [0.2, 0.25) is 0 Å². The van der Waals surface area contributed by atoms with Crippen molar-refractivity contribution in [1.29, 1.82) is 0 Å². The predicted octanol–water partition coefficient (Wildman–Crippen LogP) is 0.981. The number of aromatic amines is 1. The highest BCUT2D eigenvalue weighted by Crippen LogP contribution is 2.35. The Morgan fingerprint density at radius 3 is 2.88 bits per heavy atom. The molecule has 9 nitrogen and oxygen atoms in total. The zero-order chi connectivity index (χ0) is 17.5. The molecule has 0 atom stereocenters. The number of aromatic nitrogens is 6. The fourth-order valence-corrected chi connectivity index (χ4v) is 3.48. The molecule has 0 bridgehead atoms. The lowest BCUT2D eigenvalue weighted by Crippen LogP contribution is -2.52. The van der Waals surface area contributed by atoms with E-state index in [1.54, 1.807) is 0 Å². The number of carbonyl (C=O) groups is 1. The van der Waals surface area contributed by atoms with Crippen LogP contribution in [-0.4, -0.2) is 55.3 Å². The summed E-state index contributed by atoms with van der Waals surface area (Å²) in [4.78, 5) is 20.8. The molecule has 9 heteroatoms. The Balaban J connectivity index is 1.21. The molecule has 1 saturated carbocycles. The number of fused-ring (bicyclic) bond motifs is 1. The van der Waals surface area contributed by atoms with E-state index in [-0.39, 0.29) is 5.91 Å². The van der Waals surface area contributed by atoms with Crippen LogP contribution < -0.4 is 10.2 Å². The maximum atomic E-state index is 11.9. The Bertz CT molecular complexity index is 924. The summed E-state index contributed by atoms with van der Waals surface area (Å²) in [6.45, 7) is 2.40. The van der Waals surface area contributed by atoms with E-state index in [0.29, 0.717) is 24.1 Å². The van der Waals surface area contributed by atoms with E-state index in [0.717, 1.165) is 30.4 Å². The summed E-state index contributed by atoms with van der Waals surface area (Å²) >= 11 is 0. The van der Waals surface area contributed by atoms with Crippen LogP contribution in [0.3, 0.4) is 0 Å². The highest BCUT2D eigenvalue weighted by Gasteiger charge is 2.30. The summed E-state index contributed by atoms with van der Waals surface area (Å²) < 4.78 is 1.90. The Kier molecular flexibility index (Phi) is 3.58. The number of carbonyl (C=O) groups excluding carboxylic acids is 1. The van der Waals surface area contributed by atoms with Crippen molar-refractivity contribution in [3.8, 4) is 0 Å². The number of anilines is 1. The van der Waals surface area contributed by atoms with Gasteiger partial charge < -0.3 is 15.2 Å². The topological polar surface area (TPSA) is 104 Å². The monoisotopic (exact) mass is 352 g/mol. The van der Waals surface area contributed by atoms with Crippen LogP contribution in [0.15, 0.2) is 24.7 Å². The SMILES string of the molecule is O=C(NCC1CN(c2ccc3nnc(C4CCC4)n3n2)C1)c1cnc[nH]1. The highest BCUT2D eigenvalue weighted by atomic mass is 16.1. The first-order valence-electron chi connectivity index (χ1n) is 9.02. The number of hydrogen-bond acceptors (Lipinski definition) is 6. The van der Waals surface area contributed by atoms with Gasteiger partial charge in [0.15, 0.2) is 11.5 Å². The van der Waals surface area contributed by atoms with Crippen LogP contribution in [0, 0.1) is 5.92 Å². The number of nitrogens with zero attached hydrogens (tertiary/aromatic N) is 6. The van der Waals surface area contributed by atoms with Crippen LogP contribution in [0.4, 0.5) is 5.82 Å². The standard InChI is InChI=1S/C17H20N8O/c26-17(13-7-18-10-20-13)19-6-11-8-24(9-11)15-5-4-14-21-22-16(25(14)23-15)12-2-1-3-12/h4-5,7,10-12H,1-3,6,8-9H2,(H,18,20)(H,19,26). The zero-order valence-electron chi connectivity index (χ0n) is 14.3. The summed E-state index contributed by atoms with van der Waals surface area (Å²) in [6, 6.07) is 3.97. The van der Waals surface area contributed by atoms with E-state index in [1.807, 2.05) is 16.6 Å². The van der Waals surface area contributed by atoms with Crippen molar-refractivity contribution in [2.75, 3.05) is 24.5 Å². The van der Waals surface area contributed by atoms with Gasteiger partial charge in [-0.25, -0.2) is 4.98 Å². The zero-order valence-corrected chi connectivity index (χ0v) is 14.3. The maximum Gasteiger partial charge on any atom is 0.269 e. The smallest absolute Gasteiger partial charge is 0.269 e. The third kappa shape index (κ3) is 2.59. The maximum absolute atomic E-state index is 11.9. The van der Waals surface area contributed by atoms with Gasteiger partial charge in [-0.05, 0) is 25.0 Å². The molecule has 3 aromatic rings. The molecule has 26 heavy (non-hydrogen) atoms. The molecule has 5 rings (SSSR count). The van der Waals surface area contributed by atoms with Crippen LogP contribution in [-0.2, 0) is 0 Å². The number of hydrogen-bond donors (Lipinski definition) is 2. The van der Waals surface area contributed by atoms with E-state index < -0.39 is 0 Å². The van der Waals surface area contributed by atoms with Crippen molar-refractivity contribution >= 4 is 17.4 Å². The average molecular weight is 352 g/mol. The van der Waals surface area contributed by atoms with Gasteiger partial charge in [-0.2, -0.15) is 4.52 Å². The Morgan fingerprint density at radius 2 is 2.15 bits per heavy atom. The number of nitrogens with one attached hydrogen (secondary N) is 2. The first-order chi connectivity index (χ1) is 12.8. The highest BCUT2D eigenvalue weighted by molar-refractivity contribution is 5.91. The minimum Gasteiger partial charge on any atom is -0.354 e. The summed E-state index contributed by atoms with van der Waals surface area (Å²) in [5.41, 5.74) is 1.30.